The molecule has 1 N–H and O–H groups in total. The van der Waals surface area contributed by atoms with Crippen molar-refractivity contribution in [3.8, 4) is 0 Å². The lowest BCUT2D eigenvalue weighted by atomic mass is 9.44. The number of benzene rings is 2. The lowest BCUT2D eigenvalue weighted by Gasteiger charge is -2.64. The largest absolute Gasteiger partial charge is 0.458 e. The van der Waals surface area contributed by atoms with E-state index in [0.29, 0.717) is 23.1 Å². The van der Waals surface area contributed by atoms with E-state index in [0.717, 1.165) is 12.0 Å². The van der Waals surface area contributed by atoms with E-state index in [1.807, 2.05) is 32.9 Å². The molecule has 1 aliphatic heterocycles. The quantitative estimate of drug-likeness (QED) is 0.281. The van der Waals surface area contributed by atoms with Gasteiger partial charge in [-0.15, -0.1) is 0 Å². The Bertz CT molecular complexity index is 1420. The van der Waals surface area contributed by atoms with Crippen LogP contribution in [0.2, 0.25) is 0 Å². The zero-order valence-corrected chi connectivity index (χ0v) is 23.8. The number of hydrogen-bond acceptors (Lipinski definition) is 7. The SMILES string of the molecule is CC1=CCC[C@H]2[C@@]1(C)[C@@H](OC(=O)c1ccccc1)[C@H](OC(=O)c1ccccc1)[C@](C)(O)[C@]2(C)/C=C/C1=CC(=O)OC1. The van der Waals surface area contributed by atoms with Crippen LogP contribution in [0.3, 0.4) is 0 Å². The van der Waals surface area contributed by atoms with Gasteiger partial charge in [-0.05, 0) is 62.4 Å². The molecule has 41 heavy (non-hydrogen) atoms. The topological polar surface area (TPSA) is 99.1 Å². The van der Waals surface area contributed by atoms with Gasteiger partial charge in [0.1, 0.15) is 12.2 Å². The summed E-state index contributed by atoms with van der Waals surface area (Å²) in [4.78, 5) is 38.7. The molecule has 2 aromatic carbocycles. The predicted octanol–water partition coefficient (Wildman–Crippen LogP) is 5.61. The highest BCUT2D eigenvalue weighted by Crippen LogP contribution is 2.63. The second-order valence-electron chi connectivity index (χ2n) is 11.8. The van der Waals surface area contributed by atoms with Crippen LogP contribution >= 0.6 is 0 Å². The summed E-state index contributed by atoms with van der Waals surface area (Å²) in [6.45, 7) is 7.76. The molecule has 0 unspecified atom stereocenters. The average Bonchev–Trinajstić information content (AvgIpc) is 3.39. The van der Waals surface area contributed by atoms with Crippen molar-refractivity contribution in [2.24, 2.45) is 16.7 Å². The maximum absolute atomic E-state index is 13.5. The minimum atomic E-state index is -1.68. The molecule has 2 aromatic rings. The van der Waals surface area contributed by atoms with E-state index >= 15 is 0 Å². The van der Waals surface area contributed by atoms with Gasteiger partial charge in [-0.1, -0.05) is 74.0 Å². The maximum Gasteiger partial charge on any atom is 0.338 e. The van der Waals surface area contributed by atoms with Gasteiger partial charge in [0.2, 0.25) is 0 Å². The van der Waals surface area contributed by atoms with Crippen molar-refractivity contribution in [1.82, 2.24) is 0 Å². The van der Waals surface area contributed by atoms with Crippen LogP contribution in [0.5, 0.6) is 0 Å². The first-order valence-corrected chi connectivity index (χ1v) is 14.0. The zero-order chi connectivity index (χ0) is 29.4. The number of carbonyl (C=O) groups is 3. The summed E-state index contributed by atoms with van der Waals surface area (Å²) in [6.07, 6.45) is 6.54. The van der Waals surface area contributed by atoms with Crippen LogP contribution in [0.1, 0.15) is 61.3 Å². The molecule has 2 aliphatic carbocycles. The standard InChI is InChI=1S/C34H36O7/c1-22-12-11-17-26-32(2,19-18-23-20-27(35)39-21-23)34(4,38)29(41-31(37)25-15-9-6-10-16-25)28(33(22,26)3)40-30(36)24-13-7-5-8-14-24/h5-10,12-16,18-20,26,28-29,38H,11,17,21H2,1-4H3/b19-18+/t26-,28+,29+,32-,33+,34+/m1/s1. The van der Waals surface area contributed by atoms with E-state index in [9.17, 15) is 19.5 Å². The highest BCUT2D eigenvalue weighted by atomic mass is 16.6. The Morgan fingerprint density at radius 3 is 2.02 bits per heavy atom. The van der Waals surface area contributed by atoms with Gasteiger partial charge in [-0.2, -0.15) is 0 Å². The molecule has 5 rings (SSSR count). The first-order chi connectivity index (χ1) is 19.5. The maximum atomic E-state index is 13.5. The summed E-state index contributed by atoms with van der Waals surface area (Å²) in [5, 5.41) is 12.5. The van der Waals surface area contributed by atoms with Crippen molar-refractivity contribution >= 4 is 17.9 Å². The minimum Gasteiger partial charge on any atom is -0.458 e. The monoisotopic (exact) mass is 556 g/mol. The molecule has 0 radical (unpaired) electrons. The Kier molecular flexibility index (Phi) is 7.51. The van der Waals surface area contributed by atoms with Crippen molar-refractivity contribution in [3.63, 3.8) is 0 Å². The average molecular weight is 557 g/mol. The molecule has 214 valence electrons. The molecule has 1 heterocycles. The Balaban J connectivity index is 1.64. The molecule has 7 heteroatoms. The van der Waals surface area contributed by atoms with Crippen LogP contribution in [0.15, 0.2) is 96.1 Å². The van der Waals surface area contributed by atoms with E-state index < -0.39 is 46.5 Å². The lowest BCUT2D eigenvalue weighted by molar-refractivity contribution is -0.251. The van der Waals surface area contributed by atoms with Crippen LogP contribution in [-0.4, -0.2) is 47.4 Å². The van der Waals surface area contributed by atoms with Gasteiger partial charge in [0.15, 0.2) is 12.2 Å². The first-order valence-electron chi connectivity index (χ1n) is 14.0. The first kappa shape index (κ1) is 28.6. The third kappa shape index (κ3) is 4.93. The molecule has 1 saturated carbocycles. The summed E-state index contributed by atoms with van der Waals surface area (Å²) >= 11 is 0. The highest BCUT2D eigenvalue weighted by Gasteiger charge is 2.69. The number of cyclic esters (lactones) is 1. The number of carbonyl (C=O) groups excluding carboxylic acids is 3. The van der Waals surface area contributed by atoms with Gasteiger partial charge in [-0.25, -0.2) is 14.4 Å². The fourth-order valence-electron chi connectivity index (χ4n) is 6.80. The highest BCUT2D eigenvalue weighted by molar-refractivity contribution is 5.90. The molecule has 0 spiro atoms. The number of fused-ring (bicyclic) bond motifs is 1. The van der Waals surface area contributed by atoms with Gasteiger partial charge in [0, 0.05) is 16.9 Å². The summed E-state index contributed by atoms with van der Waals surface area (Å²) in [5.41, 5.74) is -1.06. The van der Waals surface area contributed by atoms with E-state index in [2.05, 4.69) is 6.08 Å². The van der Waals surface area contributed by atoms with Gasteiger partial charge >= 0.3 is 17.9 Å². The van der Waals surface area contributed by atoms with E-state index in [1.54, 1.807) is 67.6 Å². The van der Waals surface area contributed by atoms with Crippen LogP contribution in [-0.2, 0) is 19.0 Å². The number of allylic oxidation sites excluding steroid dienone is 1. The van der Waals surface area contributed by atoms with Crippen molar-refractivity contribution in [3.05, 3.63) is 107 Å². The van der Waals surface area contributed by atoms with Gasteiger partial charge < -0.3 is 19.3 Å². The van der Waals surface area contributed by atoms with Crippen molar-refractivity contribution in [1.29, 1.82) is 0 Å². The van der Waals surface area contributed by atoms with E-state index in [4.69, 9.17) is 14.2 Å². The predicted molar refractivity (Wildman–Crippen MR) is 153 cm³/mol. The molecule has 7 nitrogen and oxygen atoms in total. The second kappa shape index (κ2) is 10.8. The van der Waals surface area contributed by atoms with E-state index in [1.165, 1.54) is 6.08 Å². The number of ether oxygens (including phenoxy) is 3. The van der Waals surface area contributed by atoms with Gasteiger partial charge in [0.25, 0.3) is 0 Å². The summed E-state index contributed by atoms with van der Waals surface area (Å²) in [6, 6.07) is 17.2. The van der Waals surface area contributed by atoms with Crippen LogP contribution in [0.4, 0.5) is 0 Å². The molecule has 0 bridgehead atoms. The van der Waals surface area contributed by atoms with E-state index in [-0.39, 0.29) is 12.5 Å². The normalized spacial score (nSPS) is 32.9. The lowest BCUT2D eigenvalue weighted by Crippen LogP contribution is -2.72. The molecule has 1 fully saturated rings. The molecule has 0 aromatic heterocycles. The Hall–Kier alpha value is -3.97. The second-order valence-corrected chi connectivity index (χ2v) is 11.8. The molecular weight excluding hydrogens is 520 g/mol. The fourth-order valence-corrected chi connectivity index (χ4v) is 6.80. The van der Waals surface area contributed by atoms with Crippen molar-refractivity contribution in [2.75, 3.05) is 6.61 Å². The number of hydrogen-bond donors (Lipinski definition) is 1. The summed E-state index contributed by atoms with van der Waals surface area (Å²) in [5.74, 6) is -1.80. The summed E-state index contributed by atoms with van der Waals surface area (Å²) in [7, 11) is 0. The minimum absolute atomic E-state index is 0.151. The van der Waals surface area contributed by atoms with Crippen LogP contribution in [0, 0.1) is 16.7 Å². The molecule has 0 amide bonds. The molecular formula is C34H36O7. The van der Waals surface area contributed by atoms with Gasteiger partial charge in [-0.3, -0.25) is 0 Å². The number of aliphatic hydroxyl groups is 1. The smallest absolute Gasteiger partial charge is 0.338 e. The number of esters is 3. The van der Waals surface area contributed by atoms with Crippen molar-refractivity contribution in [2.45, 2.75) is 58.3 Å². The summed E-state index contributed by atoms with van der Waals surface area (Å²) < 4.78 is 17.5. The van der Waals surface area contributed by atoms with Crippen LogP contribution in [0.25, 0.3) is 0 Å². The fraction of sp³-hybridized carbons (Fsp3) is 0.382. The Labute approximate surface area is 240 Å². The Morgan fingerprint density at radius 2 is 1.49 bits per heavy atom. The Morgan fingerprint density at radius 1 is 0.927 bits per heavy atom. The molecule has 0 saturated heterocycles. The van der Waals surface area contributed by atoms with Gasteiger partial charge in [0.05, 0.1) is 11.1 Å². The van der Waals surface area contributed by atoms with Crippen molar-refractivity contribution < 1.29 is 33.7 Å². The van der Waals surface area contributed by atoms with Crippen LogP contribution < -0.4 is 0 Å². The third-order valence-electron chi connectivity index (χ3n) is 9.53. The third-order valence-corrected chi connectivity index (χ3v) is 9.53. The number of rotatable bonds is 6. The molecule has 6 atom stereocenters. The zero-order valence-electron chi connectivity index (χ0n) is 23.8. The molecule has 3 aliphatic rings.